The maximum absolute atomic E-state index is 13.0. The average Bonchev–Trinajstić information content (AvgIpc) is 2.63. The summed E-state index contributed by atoms with van der Waals surface area (Å²) in [5, 5.41) is 6.16. The minimum atomic E-state index is -0.558. The molecule has 1 aromatic heterocycles. The molecule has 0 saturated heterocycles. The molecule has 0 radical (unpaired) electrons. The van der Waals surface area contributed by atoms with E-state index in [1.54, 1.807) is 32.0 Å². The topological polar surface area (TPSA) is 102 Å². The van der Waals surface area contributed by atoms with E-state index in [-0.39, 0.29) is 23.5 Å². The van der Waals surface area contributed by atoms with Crippen molar-refractivity contribution < 1.29 is 14.3 Å². The molecule has 2 N–H and O–H groups in total. The minimum absolute atomic E-state index is 0.0630. The summed E-state index contributed by atoms with van der Waals surface area (Å²) in [6.07, 6.45) is 0.725. The average molecular weight is 455 g/mol. The molecule has 0 atom stereocenters. The highest BCUT2D eigenvalue weighted by Crippen LogP contribution is 2.20. The predicted molar refractivity (Wildman–Crippen MR) is 119 cm³/mol. The third-order valence-corrected chi connectivity index (χ3v) is 5.08. The highest BCUT2D eigenvalue weighted by Gasteiger charge is 2.15. The van der Waals surface area contributed by atoms with Crippen LogP contribution in [0.25, 0.3) is 10.9 Å². The molecule has 0 spiro atoms. The van der Waals surface area contributed by atoms with Gasteiger partial charge in [-0.3, -0.25) is 19.5 Å². The molecule has 1 aromatic carbocycles. The van der Waals surface area contributed by atoms with Gasteiger partial charge in [0.2, 0.25) is 5.91 Å². The first-order valence-electron chi connectivity index (χ1n) is 9.72. The fraction of sp³-hybridized carbons (Fsp3) is 0.500. The van der Waals surface area contributed by atoms with Crippen LogP contribution in [-0.2, 0) is 16.1 Å². The Hall–Kier alpha value is -2.10. The Morgan fingerprint density at radius 2 is 2.00 bits per heavy atom. The molecule has 0 fully saturated rings. The van der Waals surface area contributed by atoms with Crippen LogP contribution in [0.4, 0.5) is 4.79 Å². The van der Waals surface area contributed by atoms with Crippen LogP contribution in [0.2, 0.25) is 5.02 Å². The van der Waals surface area contributed by atoms with E-state index in [2.05, 4.69) is 15.6 Å². The SMILES string of the molecule is CC(C)NC(=O)NC(=O)CSc1nc2cc(Cl)ccc2c(=O)n1CCCOC(C)C. The van der Waals surface area contributed by atoms with Crippen LogP contribution in [0, 0.1) is 0 Å². The molecule has 1 heterocycles. The third kappa shape index (κ3) is 7.30. The molecule has 2 aromatic rings. The Bertz CT molecular complexity index is 962. The first kappa shape index (κ1) is 24.2. The van der Waals surface area contributed by atoms with E-state index >= 15 is 0 Å². The molecular weight excluding hydrogens is 428 g/mol. The van der Waals surface area contributed by atoms with E-state index in [9.17, 15) is 14.4 Å². The summed E-state index contributed by atoms with van der Waals surface area (Å²) in [5.41, 5.74) is 0.254. The molecular formula is C20H27ClN4O4S. The lowest BCUT2D eigenvalue weighted by molar-refractivity contribution is -0.117. The monoisotopic (exact) mass is 454 g/mol. The largest absolute Gasteiger partial charge is 0.379 e. The Balaban J connectivity index is 2.20. The number of ether oxygens (including phenoxy) is 1. The lowest BCUT2D eigenvalue weighted by atomic mass is 10.2. The first-order chi connectivity index (χ1) is 14.2. The normalized spacial score (nSPS) is 11.3. The zero-order valence-electron chi connectivity index (χ0n) is 17.5. The standard InChI is InChI=1S/C20H27ClN4O4S/c1-12(2)22-19(28)24-17(26)11-30-20-23-16-10-14(21)6-7-15(16)18(27)25(20)8-5-9-29-13(3)4/h6-7,10,12-13H,5,8-9,11H2,1-4H3,(H2,22,24,26,28). The molecule has 0 bridgehead atoms. The molecule has 0 saturated carbocycles. The number of amides is 3. The number of thioether (sulfide) groups is 1. The summed E-state index contributed by atoms with van der Waals surface area (Å²) in [6.45, 7) is 8.39. The number of nitrogens with one attached hydrogen (secondary N) is 2. The van der Waals surface area contributed by atoms with Crippen LogP contribution in [0.3, 0.4) is 0 Å². The van der Waals surface area contributed by atoms with Gasteiger partial charge in [0.25, 0.3) is 5.56 Å². The second-order valence-corrected chi connectivity index (χ2v) is 8.63. The van der Waals surface area contributed by atoms with Gasteiger partial charge in [-0.1, -0.05) is 23.4 Å². The van der Waals surface area contributed by atoms with Crippen molar-refractivity contribution in [1.82, 2.24) is 20.2 Å². The summed E-state index contributed by atoms with van der Waals surface area (Å²) in [6, 6.07) is 4.26. The van der Waals surface area contributed by atoms with Crippen LogP contribution >= 0.6 is 23.4 Å². The van der Waals surface area contributed by atoms with Gasteiger partial charge >= 0.3 is 6.03 Å². The summed E-state index contributed by atoms with van der Waals surface area (Å²) in [4.78, 5) is 41.3. The van der Waals surface area contributed by atoms with Gasteiger partial charge in [0.15, 0.2) is 5.16 Å². The molecule has 30 heavy (non-hydrogen) atoms. The van der Waals surface area contributed by atoms with E-state index < -0.39 is 11.9 Å². The summed E-state index contributed by atoms with van der Waals surface area (Å²) in [5.74, 6) is -0.541. The van der Waals surface area contributed by atoms with E-state index in [0.717, 1.165) is 11.8 Å². The summed E-state index contributed by atoms with van der Waals surface area (Å²) < 4.78 is 7.09. The number of rotatable bonds is 9. The van der Waals surface area contributed by atoms with Gasteiger partial charge in [0, 0.05) is 24.2 Å². The number of fused-ring (bicyclic) bond motifs is 1. The van der Waals surface area contributed by atoms with Crippen molar-refractivity contribution in [1.29, 1.82) is 0 Å². The Labute approximate surface area is 184 Å². The van der Waals surface area contributed by atoms with Gasteiger partial charge in [-0.2, -0.15) is 0 Å². The summed E-state index contributed by atoms with van der Waals surface area (Å²) in [7, 11) is 0. The highest BCUT2D eigenvalue weighted by atomic mass is 35.5. The molecule has 8 nitrogen and oxygen atoms in total. The van der Waals surface area contributed by atoms with Crippen molar-refractivity contribution in [2.75, 3.05) is 12.4 Å². The van der Waals surface area contributed by atoms with Crippen molar-refractivity contribution in [2.45, 2.75) is 58.0 Å². The van der Waals surface area contributed by atoms with E-state index in [0.29, 0.717) is 40.7 Å². The third-order valence-electron chi connectivity index (χ3n) is 3.86. The van der Waals surface area contributed by atoms with Gasteiger partial charge in [-0.25, -0.2) is 9.78 Å². The van der Waals surface area contributed by atoms with Gasteiger partial charge in [-0.05, 0) is 52.3 Å². The van der Waals surface area contributed by atoms with Gasteiger partial charge in [0.1, 0.15) is 0 Å². The lowest BCUT2D eigenvalue weighted by Crippen LogP contribution is -2.43. The van der Waals surface area contributed by atoms with Crippen molar-refractivity contribution in [3.63, 3.8) is 0 Å². The Morgan fingerprint density at radius 1 is 1.27 bits per heavy atom. The lowest BCUT2D eigenvalue weighted by Gasteiger charge is -2.14. The zero-order chi connectivity index (χ0) is 22.3. The number of carbonyl (C=O) groups is 2. The Kier molecular flexibility index (Phi) is 9.13. The number of aromatic nitrogens is 2. The number of hydrogen-bond donors (Lipinski definition) is 2. The number of nitrogens with zero attached hydrogens (tertiary/aromatic N) is 2. The number of carbonyl (C=O) groups excluding carboxylic acids is 2. The molecule has 3 amide bonds. The van der Waals surface area contributed by atoms with Crippen LogP contribution in [0.5, 0.6) is 0 Å². The van der Waals surface area contributed by atoms with Crippen LogP contribution in [-0.4, -0.2) is 46.0 Å². The van der Waals surface area contributed by atoms with Crippen molar-refractivity contribution in [2.24, 2.45) is 0 Å². The minimum Gasteiger partial charge on any atom is -0.379 e. The van der Waals surface area contributed by atoms with Crippen molar-refractivity contribution in [3.8, 4) is 0 Å². The number of urea groups is 1. The molecule has 0 aliphatic rings. The maximum Gasteiger partial charge on any atom is 0.321 e. The first-order valence-corrected chi connectivity index (χ1v) is 11.1. The fourth-order valence-corrected chi connectivity index (χ4v) is 3.61. The smallest absolute Gasteiger partial charge is 0.321 e. The van der Waals surface area contributed by atoms with Crippen LogP contribution < -0.4 is 16.2 Å². The second kappa shape index (κ2) is 11.3. The van der Waals surface area contributed by atoms with Gasteiger partial charge < -0.3 is 10.1 Å². The fourth-order valence-electron chi connectivity index (χ4n) is 2.61. The van der Waals surface area contributed by atoms with Gasteiger partial charge in [0.05, 0.1) is 22.8 Å². The zero-order valence-corrected chi connectivity index (χ0v) is 19.1. The van der Waals surface area contributed by atoms with E-state index in [4.69, 9.17) is 16.3 Å². The number of benzene rings is 1. The highest BCUT2D eigenvalue weighted by molar-refractivity contribution is 7.99. The van der Waals surface area contributed by atoms with Crippen LogP contribution in [0.15, 0.2) is 28.2 Å². The molecule has 0 aliphatic heterocycles. The van der Waals surface area contributed by atoms with Crippen molar-refractivity contribution >= 4 is 46.2 Å². The van der Waals surface area contributed by atoms with Crippen LogP contribution in [0.1, 0.15) is 34.1 Å². The van der Waals surface area contributed by atoms with E-state index in [1.165, 1.54) is 4.57 Å². The second-order valence-electron chi connectivity index (χ2n) is 7.25. The molecule has 164 valence electrons. The van der Waals surface area contributed by atoms with Gasteiger partial charge in [-0.15, -0.1) is 0 Å². The number of imide groups is 1. The summed E-state index contributed by atoms with van der Waals surface area (Å²) >= 11 is 7.13. The maximum atomic E-state index is 13.0. The molecule has 2 rings (SSSR count). The number of hydrogen-bond acceptors (Lipinski definition) is 6. The quantitative estimate of drug-likeness (QED) is 0.342. The predicted octanol–water partition coefficient (Wildman–Crippen LogP) is 3.19. The molecule has 10 heteroatoms. The molecule has 0 aliphatic carbocycles. The molecule has 0 unspecified atom stereocenters. The van der Waals surface area contributed by atoms with Crippen molar-refractivity contribution in [3.05, 3.63) is 33.6 Å². The van der Waals surface area contributed by atoms with E-state index in [1.807, 2.05) is 13.8 Å². The number of halogens is 1. The Morgan fingerprint density at radius 3 is 2.67 bits per heavy atom.